The van der Waals surface area contributed by atoms with Crippen molar-refractivity contribution in [3.8, 4) is 0 Å². The number of rotatable bonds is 10. The predicted octanol–water partition coefficient (Wildman–Crippen LogP) is -0.989. The number of ether oxygens (including phenoxy) is 2. The number of aromatic nitrogens is 2. The number of nitrogens with zero attached hydrogens (tertiary/aromatic N) is 1. The maximum atomic E-state index is 12.5. The molecule has 1 aromatic carbocycles. The molecular formula is C20H26N2O11S2. The first-order valence-electron chi connectivity index (χ1n) is 10.2. The molecule has 0 spiro atoms. The first-order valence-corrected chi connectivity index (χ1v) is 13.9. The van der Waals surface area contributed by atoms with Gasteiger partial charge in [0, 0.05) is 11.8 Å². The minimum absolute atomic E-state index is 0.0856. The topological polar surface area (TPSA) is 180 Å². The zero-order chi connectivity index (χ0) is 26.0. The fourth-order valence-electron chi connectivity index (χ4n) is 3.53. The third-order valence-corrected chi connectivity index (χ3v) is 6.30. The second kappa shape index (κ2) is 10.3. The Hall–Kier alpha value is -2.40. The summed E-state index contributed by atoms with van der Waals surface area (Å²) in [6.07, 6.45) is -1.87. The second-order valence-electron chi connectivity index (χ2n) is 8.19. The van der Waals surface area contributed by atoms with Crippen LogP contribution in [0.5, 0.6) is 0 Å². The van der Waals surface area contributed by atoms with E-state index in [1.54, 1.807) is 30.3 Å². The average Bonchev–Trinajstić information content (AvgIpc) is 3.04. The van der Waals surface area contributed by atoms with Crippen LogP contribution in [0, 0.1) is 6.92 Å². The van der Waals surface area contributed by atoms with Gasteiger partial charge in [-0.15, -0.1) is 0 Å². The van der Waals surface area contributed by atoms with Gasteiger partial charge in [0.1, 0.15) is 31.0 Å². The Morgan fingerprint density at radius 1 is 1.06 bits per heavy atom. The van der Waals surface area contributed by atoms with Gasteiger partial charge in [0.15, 0.2) is 6.23 Å². The van der Waals surface area contributed by atoms with Crippen molar-refractivity contribution in [1.29, 1.82) is 0 Å². The van der Waals surface area contributed by atoms with E-state index in [4.69, 9.17) is 17.8 Å². The highest BCUT2D eigenvalue weighted by Gasteiger charge is 2.58. The van der Waals surface area contributed by atoms with Crippen molar-refractivity contribution in [2.75, 3.05) is 25.7 Å². The maximum absolute atomic E-state index is 12.5. The summed E-state index contributed by atoms with van der Waals surface area (Å²) in [4.78, 5) is 26.4. The first kappa shape index (κ1) is 27.2. The number of aliphatic hydroxyl groups excluding tert-OH is 1. The predicted molar refractivity (Wildman–Crippen MR) is 122 cm³/mol. The highest BCUT2D eigenvalue weighted by molar-refractivity contribution is 7.86. The molecule has 0 unspecified atom stereocenters. The molecule has 13 nitrogen and oxygen atoms in total. The molecule has 15 heteroatoms. The Kier molecular flexibility index (Phi) is 8.00. The van der Waals surface area contributed by atoms with E-state index < -0.39 is 68.7 Å². The average molecular weight is 535 g/mol. The number of benzene rings is 1. The summed E-state index contributed by atoms with van der Waals surface area (Å²) in [6, 6.07) is 8.74. The van der Waals surface area contributed by atoms with Crippen LogP contribution in [0.25, 0.3) is 0 Å². The molecule has 2 N–H and O–H groups in total. The van der Waals surface area contributed by atoms with E-state index in [9.17, 15) is 31.5 Å². The minimum atomic E-state index is -4.05. The molecule has 0 aliphatic carbocycles. The minimum Gasteiger partial charge on any atom is -0.386 e. The summed E-state index contributed by atoms with van der Waals surface area (Å²) >= 11 is 0. The number of aromatic amines is 1. The zero-order valence-corrected chi connectivity index (χ0v) is 20.7. The summed E-state index contributed by atoms with van der Waals surface area (Å²) < 4.78 is 69.5. The van der Waals surface area contributed by atoms with Crippen LogP contribution in [0.4, 0.5) is 0 Å². The van der Waals surface area contributed by atoms with Crippen LogP contribution in [0.15, 0.2) is 46.1 Å². The van der Waals surface area contributed by atoms with E-state index in [0.717, 1.165) is 23.3 Å². The molecule has 0 amide bonds. The van der Waals surface area contributed by atoms with Crippen LogP contribution >= 0.6 is 0 Å². The van der Waals surface area contributed by atoms with Crippen LogP contribution < -0.4 is 11.2 Å². The Morgan fingerprint density at radius 3 is 2.17 bits per heavy atom. The van der Waals surface area contributed by atoms with Gasteiger partial charge >= 0.3 is 5.69 Å². The molecule has 1 aliphatic rings. The molecule has 0 bridgehead atoms. The van der Waals surface area contributed by atoms with Crippen LogP contribution in [0.3, 0.4) is 0 Å². The van der Waals surface area contributed by atoms with Crippen molar-refractivity contribution < 1.29 is 39.8 Å². The molecule has 3 atom stereocenters. The second-order valence-corrected chi connectivity index (χ2v) is 11.5. The quantitative estimate of drug-likeness (QED) is 0.357. The molecule has 1 aromatic heterocycles. The first-order chi connectivity index (χ1) is 16.2. The van der Waals surface area contributed by atoms with E-state index in [-0.39, 0.29) is 12.2 Å². The van der Waals surface area contributed by atoms with Crippen LogP contribution in [0.1, 0.15) is 17.4 Å². The number of hydrogen-bond donors (Lipinski definition) is 2. The standard InChI is InChI=1S/C20H26N2O11S2/c1-13-9-22(19(25)21-17(13)24)18-15(23)16(30-10-14-7-5-4-6-8-14)20(33-18,11-31-34(2,26)27)12-32-35(3,28)29/h4-9,15-16,18,23H,10-12H2,1-3H3,(H,21,24,25)/t15-,16-,18+/m0/s1. The third kappa shape index (κ3) is 6.84. The molecule has 1 saturated heterocycles. The highest BCUT2D eigenvalue weighted by Crippen LogP contribution is 2.40. The zero-order valence-electron chi connectivity index (χ0n) is 19.1. The number of nitrogens with one attached hydrogen (secondary N) is 1. The monoisotopic (exact) mass is 534 g/mol. The van der Waals surface area contributed by atoms with E-state index in [1.165, 1.54) is 6.92 Å². The summed E-state index contributed by atoms with van der Waals surface area (Å²) in [5.74, 6) is 0. The number of aryl methyl sites for hydroxylation is 1. The van der Waals surface area contributed by atoms with Crippen molar-refractivity contribution in [1.82, 2.24) is 9.55 Å². The molecule has 1 fully saturated rings. The lowest BCUT2D eigenvalue weighted by Gasteiger charge is -2.33. The van der Waals surface area contributed by atoms with Crippen LogP contribution in [-0.4, -0.2) is 75.0 Å². The van der Waals surface area contributed by atoms with Crippen molar-refractivity contribution in [2.24, 2.45) is 0 Å². The van der Waals surface area contributed by atoms with E-state index in [2.05, 4.69) is 4.98 Å². The molecule has 0 radical (unpaired) electrons. The largest absolute Gasteiger partial charge is 0.386 e. The molecule has 194 valence electrons. The van der Waals surface area contributed by atoms with Crippen molar-refractivity contribution in [2.45, 2.75) is 37.6 Å². The van der Waals surface area contributed by atoms with Crippen molar-refractivity contribution in [3.05, 3.63) is 68.5 Å². The van der Waals surface area contributed by atoms with Crippen molar-refractivity contribution in [3.63, 3.8) is 0 Å². The van der Waals surface area contributed by atoms with E-state index in [1.807, 2.05) is 0 Å². The molecule has 2 aromatic rings. The van der Waals surface area contributed by atoms with Gasteiger partial charge in [-0.2, -0.15) is 16.8 Å². The molecule has 3 rings (SSSR count). The highest BCUT2D eigenvalue weighted by atomic mass is 32.2. The summed E-state index contributed by atoms with van der Waals surface area (Å²) in [5, 5.41) is 11.1. The Morgan fingerprint density at radius 2 is 1.63 bits per heavy atom. The summed E-state index contributed by atoms with van der Waals surface area (Å²) in [7, 11) is -8.10. The molecule has 0 saturated carbocycles. The van der Waals surface area contributed by atoms with Gasteiger partial charge in [-0.1, -0.05) is 30.3 Å². The molecule has 1 aliphatic heterocycles. The van der Waals surface area contributed by atoms with Crippen LogP contribution in [0.2, 0.25) is 0 Å². The molecule has 2 heterocycles. The van der Waals surface area contributed by atoms with Gasteiger partial charge in [0.05, 0.1) is 19.1 Å². The molecular weight excluding hydrogens is 508 g/mol. The number of H-pyrrole nitrogens is 1. The van der Waals surface area contributed by atoms with E-state index >= 15 is 0 Å². The maximum Gasteiger partial charge on any atom is 0.330 e. The summed E-state index contributed by atoms with van der Waals surface area (Å²) in [5.41, 5.74) is -2.76. The van der Waals surface area contributed by atoms with Gasteiger partial charge in [0.25, 0.3) is 25.8 Å². The lowest BCUT2D eigenvalue weighted by molar-refractivity contribution is -0.154. The Balaban J connectivity index is 2.07. The van der Waals surface area contributed by atoms with Gasteiger partial charge in [0.2, 0.25) is 0 Å². The van der Waals surface area contributed by atoms with Crippen molar-refractivity contribution >= 4 is 20.2 Å². The Bertz CT molecular complexity index is 1330. The molecule has 35 heavy (non-hydrogen) atoms. The lowest BCUT2D eigenvalue weighted by Crippen LogP contribution is -2.52. The summed E-state index contributed by atoms with van der Waals surface area (Å²) in [6.45, 7) is -0.263. The fraction of sp³-hybridized carbons (Fsp3) is 0.500. The lowest BCUT2D eigenvalue weighted by atomic mass is 9.96. The SMILES string of the molecule is Cc1cn([C@@H]2OC(COS(C)(=O)=O)(COS(C)(=O)=O)[C@@H](OCc3ccccc3)[C@@H]2O)c(=O)[nH]c1=O. The van der Waals surface area contributed by atoms with Gasteiger partial charge < -0.3 is 14.6 Å². The Labute approximate surface area is 201 Å². The van der Waals surface area contributed by atoms with Gasteiger partial charge in [-0.25, -0.2) is 4.79 Å². The number of hydrogen-bond acceptors (Lipinski definition) is 11. The smallest absolute Gasteiger partial charge is 0.330 e. The fourth-order valence-corrected chi connectivity index (χ4v) is 4.36. The van der Waals surface area contributed by atoms with E-state index in [0.29, 0.717) is 5.56 Å². The van der Waals surface area contributed by atoms with Gasteiger partial charge in [-0.3, -0.25) is 22.7 Å². The normalized spacial score (nSPS) is 22.3. The number of aliphatic hydroxyl groups is 1. The third-order valence-electron chi connectivity index (χ3n) is 5.20. The van der Waals surface area contributed by atoms with Gasteiger partial charge in [-0.05, 0) is 12.5 Å². The van der Waals surface area contributed by atoms with Crippen LogP contribution in [-0.2, 0) is 44.7 Å².